The first-order valence-corrected chi connectivity index (χ1v) is 7.19. The molecule has 1 aromatic carbocycles. The molecule has 0 atom stereocenters. The van der Waals surface area contributed by atoms with Crippen molar-refractivity contribution in [3.8, 4) is 0 Å². The van der Waals surface area contributed by atoms with Gasteiger partial charge in [-0.25, -0.2) is 0 Å². The van der Waals surface area contributed by atoms with Gasteiger partial charge in [0.2, 0.25) is 0 Å². The predicted molar refractivity (Wildman–Crippen MR) is 86.1 cm³/mol. The van der Waals surface area contributed by atoms with Gasteiger partial charge in [0.25, 0.3) is 5.91 Å². The molecule has 0 saturated heterocycles. The Kier molecular flexibility index (Phi) is 3.28. The van der Waals surface area contributed by atoms with Crippen molar-refractivity contribution < 1.29 is 9.32 Å². The molecule has 0 spiro atoms. The lowest BCUT2D eigenvalue weighted by Crippen LogP contribution is -2.15. The maximum absolute atomic E-state index is 12.4. The van der Waals surface area contributed by atoms with Crippen LogP contribution in [0.15, 0.2) is 40.9 Å². The first kappa shape index (κ1) is 14.4. The molecular weight excluding hydrogens is 278 g/mol. The van der Waals surface area contributed by atoms with Crippen molar-refractivity contribution in [2.24, 2.45) is 7.05 Å². The number of amides is 1. The van der Waals surface area contributed by atoms with E-state index in [-0.39, 0.29) is 11.3 Å². The third-order valence-electron chi connectivity index (χ3n) is 3.68. The summed E-state index contributed by atoms with van der Waals surface area (Å²) in [4.78, 5) is 12.4. The number of aryl methyl sites for hydroxylation is 1. The highest BCUT2D eigenvalue weighted by molar-refractivity contribution is 6.05. The summed E-state index contributed by atoms with van der Waals surface area (Å²) in [5, 5.41) is 7.74. The number of benzene rings is 1. The van der Waals surface area contributed by atoms with E-state index in [1.54, 1.807) is 6.07 Å². The molecule has 3 rings (SSSR count). The molecule has 22 heavy (non-hydrogen) atoms. The molecule has 0 radical (unpaired) electrons. The molecule has 114 valence electrons. The molecular formula is C17H19N3O2. The van der Waals surface area contributed by atoms with Gasteiger partial charge in [0.1, 0.15) is 11.5 Å². The lowest BCUT2D eigenvalue weighted by molar-refractivity contribution is 0.101. The molecule has 0 aliphatic carbocycles. The largest absolute Gasteiger partial charge is 0.359 e. The highest BCUT2D eigenvalue weighted by atomic mass is 16.5. The maximum atomic E-state index is 12.4. The van der Waals surface area contributed by atoms with Gasteiger partial charge >= 0.3 is 0 Å². The fraction of sp³-hybridized carbons (Fsp3) is 0.294. The van der Waals surface area contributed by atoms with Gasteiger partial charge < -0.3 is 14.4 Å². The summed E-state index contributed by atoms with van der Waals surface area (Å²) in [5.74, 6) is 0.965. The van der Waals surface area contributed by atoms with Crippen LogP contribution in [0.4, 0.5) is 5.82 Å². The number of carbonyl (C=O) groups is 1. The summed E-state index contributed by atoms with van der Waals surface area (Å²) in [6.45, 7) is 6.09. The summed E-state index contributed by atoms with van der Waals surface area (Å²) < 4.78 is 7.15. The minimum atomic E-state index is -0.201. The Balaban J connectivity index is 1.87. The minimum absolute atomic E-state index is 0.143. The SMILES string of the molecule is Cn1c(C(=O)Nc2cc(C(C)(C)C)on2)cc2ccccc21. The van der Waals surface area contributed by atoms with Crippen molar-refractivity contribution in [2.45, 2.75) is 26.2 Å². The standard InChI is InChI=1S/C17H19N3O2/c1-17(2,3)14-10-15(19-22-14)18-16(21)13-9-11-7-5-6-8-12(11)20(13)4/h5-10H,1-4H3,(H,18,19,21). The molecule has 5 heteroatoms. The third kappa shape index (κ3) is 2.50. The van der Waals surface area contributed by atoms with Crippen molar-refractivity contribution in [1.82, 2.24) is 9.72 Å². The maximum Gasteiger partial charge on any atom is 0.273 e. The Morgan fingerprint density at radius 2 is 1.95 bits per heavy atom. The molecule has 0 aliphatic heterocycles. The van der Waals surface area contributed by atoms with E-state index in [1.165, 1.54) is 0 Å². The number of fused-ring (bicyclic) bond motifs is 1. The van der Waals surface area contributed by atoms with Gasteiger partial charge in [0.05, 0.1) is 0 Å². The Hall–Kier alpha value is -2.56. The van der Waals surface area contributed by atoms with Crippen LogP contribution in [0.5, 0.6) is 0 Å². The van der Waals surface area contributed by atoms with E-state index in [1.807, 2.05) is 62.7 Å². The monoisotopic (exact) mass is 297 g/mol. The topological polar surface area (TPSA) is 60.1 Å². The zero-order valence-electron chi connectivity index (χ0n) is 13.2. The molecule has 3 aromatic rings. The Labute approximate surface area is 128 Å². The summed E-state index contributed by atoms with van der Waals surface area (Å²) >= 11 is 0. The average Bonchev–Trinajstić information content (AvgIpc) is 3.04. The molecule has 0 bridgehead atoms. The lowest BCUT2D eigenvalue weighted by Gasteiger charge is -2.12. The Morgan fingerprint density at radius 1 is 1.23 bits per heavy atom. The van der Waals surface area contributed by atoms with Crippen LogP contribution in [-0.4, -0.2) is 15.6 Å². The van der Waals surface area contributed by atoms with Crippen LogP contribution in [-0.2, 0) is 12.5 Å². The van der Waals surface area contributed by atoms with Crippen molar-refractivity contribution in [2.75, 3.05) is 5.32 Å². The fourth-order valence-electron chi connectivity index (χ4n) is 2.37. The van der Waals surface area contributed by atoms with Crippen molar-refractivity contribution in [1.29, 1.82) is 0 Å². The van der Waals surface area contributed by atoms with Gasteiger partial charge in [-0.2, -0.15) is 0 Å². The predicted octanol–water partition coefficient (Wildman–Crippen LogP) is 3.72. The number of nitrogens with zero attached hydrogens (tertiary/aromatic N) is 2. The van der Waals surface area contributed by atoms with E-state index in [0.717, 1.165) is 16.7 Å². The average molecular weight is 297 g/mol. The van der Waals surface area contributed by atoms with E-state index in [4.69, 9.17) is 4.52 Å². The minimum Gasteiger partial charge on any atom is -0.359 e. The zero-order valence-corrected chi connectivity index (χ0v) is 13.2. The molecule has 0 fully saturated rings. The fourth-order valence-corrected chi connectivity index (χ4v) is 2.37. The second kappa shape index (κ2) is 5.02. The quantitative estimate of drug-likeness (QED) is 0.784. The van der Waals surface area contributed by atoms with Crippen LogP contribution < -0.4 is 5.32 Å². The zero-order chi connectivity index (χ0) is 15.9. The Morgan fingerprint density at radius 3 is 2.59 bits per heavy atom. The van der Waals surface area contributed by atoms with E-state index >= 15 is 0 Å². The second-order valence-corrected chi connectivity index (χ2v) is 6.43. The van der Waals surface area contributed by atoms with Gasteiger partial charge in [-0.15, -0.1) is 0 Å². The number of hydrogen-bond donors (Lipinski definition) is 1. The highest BCUT2D eigenvalue weighted by Gasteiger charge is 2.21. The van der Waals surface area contributed by atoms with Gasteiger partial charge in [0, 0.05) is 29.4 Å². The molecule has 0 saturated carbocycles. The number of hydrogen-bond acceptors (Lipinski definition) is 3. The lowest BCUT2D eigenvalue weighted by atomic mass is 9.93. The number of para-hydroxylation sites is 1. The van der Waals surface area contributed by atoms with Crippen LogP contribution in [0, 0.1) is 0 Å². The van der Waals surface area contributed by atoms with E-state index in [9.17, 15) is 4.79 Å². The van der Waals surface area contributed by atoms with Gasteiger partial charge in [-0.3, -0.25) is 4.79 Å². The first-order chi connectivity index (χ1) is 10.4. The molecule has 5 nitrogen and oxygen atoms in total. The van der Waals surface area contributed by atoms with Gasteiger partial charge in [0.15, 0.2) is 5.82 Å². The van der Waals surface area contributed by atoms with Crippen LogP contribution in [0.2, 0.25) is 0 Å². The number of rotatable bonds is 2. The first-order valence-electron chi connectivity index (χ1n) is 7.19. The summed E-state index contributed by atoms with van der Waals surface area (Å²) in [7, 11) is 1.88. The van der Waals surface area contributed by atoms with Crippen molar-refractivity contribution in [3.63, 3.8) is 0 Å². The Bertz CT molecular complexity index is 837. The highest BCUT2D eigenvalue weighted by Crippen LogP contribution is 2.25. The molecule has 0 unspecified atom stereocenters. The summed E-state index contributed by atoms with van der Waals surface area (Å²) in [5.41, 5.74) is 1.46. The summed E-state index contributed by atoms with van der Waals surface area (Å²) in [6, 6.07) is 11.5. The smallest absolute Gasteiger partial charge is 0.273 e. The van der Waals surface area contributed by atoms with Crippen molar-refractivity contribution >= 4 is 22.6 Å². The number of aromatic nitrogens is 2. The second-order valence-electron chi connectivity index (χ2n) is 6.43. The summed E-state index contributed by atoms with van der Waals surface area (Å²) in [6.07, 6.45) is 0. The third-order valence-corrected chi connectivity index (χ3v) is 3.68. The van der Waals surface area contributed by atoms with Crippen LogP contribution >= 0.6 is 0 Å². The van der Waals surface area contributed by atoms with E-state index < -0.39 is 0 Å². The van der Waals surface area contributed by atoms with Crippen molar-refractivity contribution in [3.05, 3.63) is 47.9 Å². The molecule has 0 aliphatic rings. The normalized spacial score (nSPS) is 11.8. The van der Waals surface area contributed by atoms with E-state index in [0.29, 0.717) is 11.5 Å². The molecule has 2 heterocycles. The number of anilines is 1. The molecule has 2 aromatic heterocycles. The van der Waals surface area contributed by atoms with Crippen LogP contribution in [0.25, 0.3) is 10.9 Å². The molecule has 1 amide bonds. The van der Waals surface area contributed by atoms with E-state index in [2.05, 4.69) is 10.5 Å². The number of nitrogens with one attached hydrogen (secondary N) is 1. The van der Waals surface area contributed by atoms with Crippen LogP contribution in [0.3, 0.4) is 0 Å². The van der Waals surface area contributed by atoms with Gasteiger partial charge in [-0.1, -0.05) is 44.1 Å². The van der Waals surface area contributed by atoms with Gasteiger partial charge in [-0.05, 0) is 12.1 Å². The number of carbonyl (C=O) groups excluding carboxylic acids is 1. The molecule has 1 N–H and O–H groups in total. The van der Waals surface area contributed by atoms with Crippen LogP contribution in [0.1, 0.15) is 37.0 Å².